The monoisotopic (exact) mass is 581 g/mol. The topological polar surface area (TPSA) is 83.7 Å². The second-order valence-corrected chi connectivity index (χ2v) is 9.60. The van der Waals surface area contributed by atoms with E-state index in [9.17, 15) is 10.1 Å². The summed E-state index contributed by atoms with van der Waals surface area (Å²) in [4.78, 5) is 17.5. The lowest BCUT2D eigenvalue weighted by Crippen LogP contribution is -2.19. The molecular formula is C26H20IN3O3S. The Balaban J connectivity index is 1.54. The van der Waals surface area contributed by atoms with Crippen LogP contribution in [0.25, 0.3) is 6.08 Å². The first-order chi connectivity index (χ1) is 16.5. The molecule has 0 spiro atoms. The van der Waals surface area contributed by atoms with Gasteiger partial charge in [0.1, 0.15) is 6.61 Å². The first-order valence-electron chi connectivity index (χ1n) is 10.3. The molecule has 0 aliphatic carbocycles. The molecule has 1 amide bonds. The number of aryl methyl sites for hydroxylation is 1. The standard InChI is InChI=1S/C26H20IN3O3S/c1-16-7-9-20(10-8-16)29-26-30-25(31)23(34-26)13-17-11-21(27)24(22(12-17)32-2)33-15-19-6-4-3-5-18(19)14-28/h3-13H,15H2,1-2H3,(H,29,30,31)/b23-13+. The Labute approximate surface area is 215 Å². The molecule has 3 aromatic rings. The number of rotatable bonds is 6. The van der Waals surface area contributed by atoms with Crippen LogP contribution in [-0.4, -0.2) is 18.2 Å². The van der Waals surface area contributed by atoms with Crippen molar-refractivity contribution in [2.45, 2.75) is 13.5 Å². The number of methoxy groups -OCH3 is 1. The third kappa shape index (κ3) is 5.61. The number of ether oxygens (including phenoxy) is 2. The van der Waals surface area contributed by atoms with Gasteiger partial charge in [-0.25, -0.2) is 4.99 Å². The van der Waals surface area contributed by atoms with Crippen LogP contribution >= 0.6 is 34.4 Å². The molecule has 0 radical (unpaired) electrons. The van der Waals surface area contributed by atoms with Crippen molar-refractivity contribution in [1.29, 1.82) is 5.26 Å². The highest BCUT2D eigenvalue weighted by Crippen LogP contribution is 2.36. The van der Waals surface area contributed by atoms with Crippen molar-refractivity contribution in [1.82, 2.24) is 5.32 Å². The molecule has 1 aliphatic heterocycles. The minimum absolute atomic E-state index is 0.196. The van der Waals surface area contributed by atoms with Gasteiger partial charge in [0.25, 0.3) is 5.91 Å². The lowest BCUT2D eigenvalue weighted by molar-refractivity contribution is -0.115. The summed E-state index contributed by atoms with van der Waals surface area (Å²) < 4.78 is 12.4. The van der Waals surface area contributed by atoms with Gasteiger partial charge in [0, 0.05) is 5.56 Å². The molecule has 3 aromatic carbocycles. The quantitative estimate of drug-likeness (QED) is 0.288. The minimum atomic E-state index is -0.196. The van der Waals surface area contributed by atoms with Crippen LogP contribution < -0.4 is 14.8 Å². The first-order valence-corrected chi connectivity index (χ1v) is 12.2. The fraction of sp³-hybridized carbons (Fsp3) is 0.115. The number of carbonyl (C=O) groups excluding carboxylic acids is 1. The van der Waals surface area contributed by atoms with Gasteiger partial charge in [-0.05, 0) is 83.2 Å². The summed E-state index contributed by atoms with van der Waals surface area (Å²) in [6, 6.07) is 21.0. The van der Waals surface area contributed by atoms with Gasteiger partial charge >= 0.3 is 0 Å². The number of halogens is 1. The van der Waals surface area contributed by atoms with Gasteiger partial charge in [-0.2, -0.15) is 5.26 Å². The number of amides is 1. The highest BCUT2D eigenvalue weighted by molar-refractivity contribution is 14.1. The largest absolute Gasteiger partial charge is 0.493 e. The molecule has 0 atom stereocenters. The third-order valence-corrected chi connectivity index (χ3v) is 6.69. The Kier molecular flexibility index (Phi) is 7.55. The van der Waals surface area contributed by atoms with E-state index in [4.69, 9.17) is 9.47 Å². The van der Waals surface area contributed by atoms with Gasteiger partial charge in [-0.1, -0.05) is 35.9 Å². The van der Waals surface area contributed by atoms with Gasteiger partial charge in [0.05, 0.1) is 32.9 Å². The second kappa shape index (κ2) is 10.8. The third-order valence-electron chi connectivity index (χ3n) is 4.97. The van der Waals surface area contributed by atoms with E-state index < -0.39 is 0 Å². The average molecular weight is 581 g/mol. The van der Waals surface area contributed by atoms with Crippen LogP contribution in [0.5, 0.6) is 11.5 Å². The lowest BCUT2D eigenvalue weighted by Gasteiger charge is -2.14. The van der Waals surface area contributed by atoms with Crippen molar-refractivity contribution < 1.29 is 14.3 Å². The predicted molar refractivity (Wildman–Crippen MR) is 143 cm³/mol. The zero-order valence-electron chi connectivity index (χ0n) is 18.5. The van der Waals surface area contributed by atoms with Crippen LogP contribution in [0.4, 0.5) is 5.69 Å². The molecule has 170 valence electrons. The lowest BCUT2D eigenvalue weighted by atomic mass is 10.1. The number of thioether (sulfide) groups is 1. The zero-order valence-corrected chi connectivity index (χ0v) is 21.4. The van der Waals surface area contributed by atoms with E-state index >= 15 is 0 Å². The summed E-state index contributed by atoms with van der Waals surface area (Å²) in [6.07, 6.45) is 1.80. The number of nitriles is 1. The Morgan fingerprint density at radius 1 is 1.18 bits per heavy atom. The van der Waals surface area contributed by atoms with Crippen molar-refractivity contribution in [3.05, 3.63) is 91.4 Å². The minimum Gasteiger partial charge on any atom is -0.493 e. The number of benzene rings is 3. The molecule has 0 saturated carbocycles. The maximum atomic E-state index is 12.5. The molecule has 0 aromatic heterocycles. The predicted octanol–water partition coefficient (Wildman–Crippen LogP) is 5.95. The Morgan fingerprint density at radius 2 is 1.94 bits per heavy atom. The fourth-order valence-corrected chi connectivity index (χ4v) is 4.86. The second-order valence-electron chi connectivity index (χ2n) is 7.41. The molecule has 0 bridgehead atoms. The van der Waals surface area contributed by atoms with Crippen molar-refractivity contribution in [3.63, 3.8) is 0 Å². The molecule has 6 nitrogen and oxygen atoms in total. The Bertz CT molecular complexity index is 1340. The van der Waals surface area contributed by atoms with E-state index in [1.54, 1.807) is 19.3 Å². The molecule has 1 fully saturated rings. The maximum Gasteiger partial charge on any atom is 0.264 e. The SMILES string of the molecule is COc1cc(/C=C2/SC(=Nc3ccc(C)cc3)NC2=O)cc(I)c1OCc1ccccc1C#N. The molecule has 8 heteroatoms. The van der Waals surface area contributed by atoms with E-state index in [2.05, 4.69) is 39.0 Å². The molecule has 0 unspecified atom stereocenters. The summed E-state index contributed by atoms with van der Waals surface area (Å²) in [5.74, 6) is 0.937. The fourth-order valence-electron chi connectivity index (χ4n) is 3.24. The van der Waals surface area contributed by atoms with Crippen LogP contribution in [-0.2, 0) is 11.4 Å². The zero-order chi connectivity index (χ0) is 24.1. The molecule has 1 aliphatic rings. The molecular weight excluding hydrogens is 561 g/mol. The van der Waals surface area contributed by atoms with Crippen LogP contribution in [0.2, 0.25) is 0 Å². The smallest absolute Gasteiger partial charge is 0.264 e. The first kappa shape index (κ1) is 23.9. The van der Waals surface area contributed by atoms with Gasteiger partial charge in [0.2, 0.25) is 0 Å². The Morgan fingerprint density at radius 3 is 2.68 bits per heavy atom. The number of hydrogen-bond acceptors (Lipinski definition) is 6. The molecule has 1 heterocycles. The summed E-state index contributed by atoms with van der Waals surface area (Å²) >= 11 is 3.47. The van der Waals surface area contributed by atoms with Crippen molar-refractivity contribution in [2.24, 2.45) is 4.99 Å². The summed E-state index contributed by atoms with van der Waals surface area (Å²) in [5, 5.41) is 12.6. The van der Waals surface area contributed by atoms with Crippen molar-refractivity contribution in [2.75, 3.05) is 7.11 Å². The van der Waals surface area contributed by atoms with Gasteiger partial charge in [-0.15, -0.1) is 0 Å². The van der Waals surface area contributed by atoms with Gasteiger partial charge in [0.15, 0.2) is 16.7 Å². The number of carbonyl (C=O) groups is 1. The van der Waals surface area contributed by atoms with Crippen LogP contribution in [0, 0.1) is 21.8 Å². The van der Waals surface area contributed by atoms with E-state index in [0.29, 0.717) is 27.1 Å². The van der Waals surface area contributed by atoms with Crippen LogP contribution in [0.15, 0.2) is 70.6 Å². The number of hydrogen-bond donors (Lipinski definition) is 1. The number of nitrogens with zero attached hydrogens (tertiary/aromatic N) is 2. The number of nitrogens with one attached hydrogen (secondary N) is 1. The highest BCUT2D eigenvalue weighted by atomic mass is 127. The summed E-state index contributed by atoms with van der Waals surface area (Å²) in [7, 11) is 1.57. The van der Waals surface area contributed by atoms with Crippen molar-refractivity contribution in [3.8, 4) is 17.6 Å². The average Bonchev–Trinajstić information content (AvgIpc) is 3.18. The molecule has 4 rings (SSSR count). The maximum absolute atomic E-state index is 12.5. The summed E-state index contributed by atoms with van der Waals surface area (Å²) in [5.41, 5.74) is 4.11. The summed E-state index contributed by atoms with van der Waals surface area (Å²) in [6.45, 7) is 2.26. The van der Waals surface area contributed by atoms with Gasteiger partial charge < -0.3 is 14.8 Å². The van der Waals surface area contributed by atoms with E-state index in [0.717, 1.165) is 25.9 Å². The van der Waals surface area contributed by atoms with E-state index in [1.807, 2.05) is 61.5 Å². The van der Waals surface area contributed by atoms with Crippen LogP contribution in [0.1, 0.15) is 22.3 Å². The van der Waals surface area contributed by atoms with Crippen molar-refractivity contribution >= 4 is 57.2 Å². The molecule has 1 N–H and O–H groups in total. The van der Waals surface area contributed by atoms with E-state index in [1.165, 1.54) is 11.8 Å². The van der Waals surface area contributed by atoms with Crippen LogP contribution in [0.3, 0.4) is 0 Å². The van der Waals surface area contributed by atoms with Gasteiger partial charge in [-0.3, -0.25) is 4.79 Å². The normalized spacial score (nSPS) is 15.3. The highest BCUT2D eigenvalue weighted by Gasteiger charge is 2.24. The number of amidine groups is 1. The molecule has 34 heavy (non-hydrogen) atoms. The van der Waals surface area contributed by atoms with E-state index in [-0.39, 0.29) is 12.5 Å². The Hall–Kier alpha value is -3.29. The molecule has 1 saturated heterocycles. The number of aliphatic imine (C=N–C) groups is 1.